The summed E-state index contributed by atoms with van der Waals surface area (Å²) < 4.78 is 18.7. The van der Waals surface area contributed by atoms with E-state index in [1.165, 1.54) is 12.1 Å². The number of rotatable bonds is 4. The maximum absolute atomic E-state index is 13.7. The summed E-state index contributed by atoms with van der Waals surface area (Å²) in [5.41, 5.74) is 0.807. The second-order valence-electron chi connectivity index (χ2n) is 4.94. The molecule has 0 bridgehead atoms. The zero-order valence-electron chi connectivity index (χ0n) is 11.5. The molecule has 1 heterocycles. The maximum Gasteiger partial charge on any atom is 0.136 e. The highest BCUT2D eigenvalue weighted by atomic mass is 19.1. The van der Waals surface area contributed by atoms with Gasteiger partial charge in [0.15, 0.2) is 0 Å². The summed E-state index contributed by atoms with van der Waals surface area (Å²) in [4.78, 5) is 6.17. The van der Waals surface area contributed by atoms with Gasteiger partial charge in [0.2, 0.25) is 0 Å². The number of hydrogen-bond acceptors (Lipinski definition) is 3. The summed E-state index contributed by atoms with van der Waals surface area (Å²) >= 11 is 0. The maximum atomic E-state index is 13.7. The molecule has 4 nitrogen and oxygen atoms in total. The van der Waals surface area contributed by atoms with Gasteiger partial charge in [-0.3, -0.25) is 0 Å². The van der Waals surface area contributed by atoms with E-state index >= 15 is 0 Å². The van der Waals surface area contributed by atoms with Gasteiger partial charge in [0.1, 0.15) is 11.4 Å². The van der Waals surface area contributed by atoms with Gasteiger partial charge in [0.25, 0.3) is 0 Å². The minimum absolute atomic E-state index is 0.204. The van der Waals surface area contributed by atoms with E-state index < -0.39 is 11.4 Å². The van der Waals surface area contributed by atoms with E-state index in [0.717, 1.165) is 12.1 Å². The molecule has 1 aliphatic rings. The van der Waals surface area contributed by atoms with Crippen molar-refractivity contribution in [2.45, 2.75) is 19.4 Å². The summed E-state index contributed by atoms with van der Waals surface area (Å²) in [6.45, 7) is 5.07. The van der Waals surface area contributed by atoms with E-state index in [2.05, 4.69) is 4.99 Å². The molecule has 1 aliphatic heterocycles. The highest BCUT2D eigenvalue weighted by Gasteiger charge is 2.39. The Balaban J connectivity index is 2.37. The van der Waals surface area contributed by atoms with Gasteiger partial charge >= 0.3 is 0 Å². The third-order valence-corrected chi connectivity index (χ3v) is 3.42. The Bertz CT molecular complexity index is 498. The number of aliphatic hydroxyl groups is 1. The van der Waals surface area contributed by atoms with Crippen LogP contribution in [-0.4, -0.2) is 43.2 Å². The SMILES string of the molecule is CCN(C)C=Nc1cc(F)cc(C2(O)COC2)c1C. The average Bonchev–Trinajstić information content (AvgIpc) is 2.36. The van der Waals surface area contributed by atoms with Gasteiger partial charge in [-0.2, -0.15) is 0 Å². The molecule has 5 heteroatoms. The van der Waals surface area contributed by atoms with Crippen LogP contribution < -0.4 is 0 Å². The fourth-order valence-electron chi connectivity index (χ4n) is 1.98. The molecule has 0 saturated carbocycles. The van der Waals surface area contributed by atoms with Crippen molar-refractivity contribution in [1.82, 2.24) is 4.90 Å². The summed E-state index contributed by atoms with van der Waals surface area (Å²) in [5, 5.41) is 10.3. The molecule has 0 unspecified atom stereocenters. The molecule has 0 amide bonds. The molecule has 0 atom stereocenters. The average molecular weight is 266 g/mol. The Kier molecular flexibility index (Phi) is 3.87. The molecular formula is C14H19FN2O2. The normalized spacial score (nSPS) is 17.5. The summed E-state index contributed by atoms with van der Waals surface area (Å²) in [6.07, 6.45) is 1.66. The molecule has 2 rings (SSSR count). The van der Waals surface area contributed by atoms with Gasteiger partial charge in [-0.15, -0.1) is 0 Å². The van der Waals surface area contributed by atoms with Crippen LogP contribution in [0.4, 0.5) is 10.1 Å². The van der Waals surface area contributed by atoms with Crippen molar-refractivity contribution < 1.29 is 14.2 Å². The lowest BCUT2D eigenvalue weighted by molar-refractivity contribution is -0.185. The summed E-state index contributed by atoms with van der Waals surface area (Å²) in [7, 11) is 1.90. The predicted octanol–water partition coefficient (Wildman–Crippen LogP) is 1.96. The number of nitrogens with zero attached hydrogens (tertiary/aromatic N) is 2. The molecule has 1 saturated heterocycles. The van der Waals surface area contributed by atoms with Crippen LogP contribution in [0.5, 0.6) is 0 Å². The first-order chi connectivity index (χ1) is 8.96. The smallest absolute Gasteiger partial charge is 0.136 e. The van der Waals surface area contributed by atoms with E-state index in [0.29, 0.717) is 11.3 Å². The van der Waals surface area contributed by atoms with Crippen LogP contribution >= 0.6 is 0 Å². The topological polar surface area (TPSA) is 45.1 Å². The van der Waals surface area contributed by atoms with Crippen LogP contribution in [0.3, 0.4) is 0 Å². The second kappa shape index (κ2) is 5.27. The van der Waals surface area contributed by atoms with Crippen molar-refractivity contribution >= 4 is 12.0 Å². The number of hydrogen-bond donors (Lipinski definition) is 1. The summed E-state index contributed by atoms with van der Waals surface area (Å²) in [5.74, 6) is -0.396. The van der Waals surface area contributed by atoms with Crippen molar-refractivity contribution in [3.8, 4) is 0 Å². The van der Waals surface area contributed by atoms with Crippen molar-refractivity contribution in [3.63, 3.8) is 0 Å². The minimum Gasteiger partial charge on any atom is -0.380 e. The van der Waals surface area contributed by atoms with Crippen molar-refractivity contribution in [1.29, 1.82) is 0 Å². The van der Waals surface area contributed by atoms with Crippen molar-refractivity contribution in [3.05, 3.63) is 29.1 Å². The number of ether oxygens (including phenoxy) is 1. The minimum atomic E-state index is -1.08. The molecule has 0 spiro atoms. The Morgan fingerprint density at radius 2 is 2.21 bits per heavy atom. The Morgan fingerprint density at radius 3 is 2.74 bits per heavy atom. The van der Waals surface area contributed by atoms with E-state index in [1.54, 1.807) is 6.34 Å². The van der Waals surface area contributed by atoms with Gasteiger partial charge in [-0.1, -0.05) is 0 Å². The van der Waals surface area contributed by atoms with E-state index in [1.807, 2.05) is 25.8 Å². The molecule has 1 aromatic rings. The van der Waals surface area contributed by atoms with E-state index in [9.17, 15) is 9.50 Å². The lowest BCUT2D eigenvalue weighted by Crippen LogP contribution is -2.47. The predicted molar refractivity (Wildman–Crippen MR) is 72.3 cm³/mol. The largest absolute Gasteiger partial charge is 0.380 e. The highest BCUT2D eigenvalue weighted by molar-refractivity contribution is 5.64. The van der Waals surface area contributed by atoms with Gasteiger partial charge in [-0.05, 0) is 37.1 Å². The zero-order chi connectivity index (χ0) is 14.0. The van der Waals surface area contributed by atoms with Gasteiger partial charge < -0.3 is 14.7 Å². The van der Waals surface area contributed by atoms with Crippen LogP contribution in [0.25, 0.3) is 0 Å². The second-order valence-corrected chi connectivity index (χ2v) is 4.94. The van der Waals surface area contributed by atoms with Crippen molar-refractivity contribution in [2.24, 2.45) is 4.99 Å². The van der Waals surface area contributed by atoms with E-state index in [-0.39, 0.29) is 13.2 Å². The molecule has 19 heavy (non-hydrogen) atoms. The molecule has 1 fully saturated rings. The third-order valence-electron chi connectivity index (χ3n) is 3.42. The third kappa shape index (κ3) is 2.77. The molecule has 104 valence electrons. The molecule has 0 aromatic heterocycles. The number of halogens is 1. The number of benzene rings is 1. The van der Waals surface area contributed by atoms with Gasteiger partial charge in [-0.25, -0.2) is 9.38 Å². The lowest BCUT2D eigenvalue weighted by Gasteiger charge is -2.37. The van der Waals surface area contributed by atoms with Gasteiger partial charge in [0.05, 0.1) is 25.2 Å². The van der Waals surface area contributed by atoms with Crippen LogP contribution in [-0.2, 0) is 10.3 Å². The van der Waals surface area contributed by atoms with Crippen LogP contribution in [0.1, 0.15) is 18.1 Å². The zero-order valence-corrected chi connectivity index (χ0v) is 11.5. The summed E-state index contributed by atoms with van der Waals surface area (Å²) in [6, 6.07) is 2.74. The van der Waals surface area contributed by atoms with Crippen LogP contribution in [0, 0.1) is 12.7 Å². The Hall–Kier alpha value is -1.46. The fraction of sp³-hybridized carbons (Fsp3) is 0.500. The lowest BCUT2D eigenvalue weighted by atomic mass is 9.88. The molecule has 0 aliphatic carbocycles. The van der Waals surface area contributed by atoms with Crippen molar-refractivity contribution in [2.75, 3.05) is 26.8 Å². The van der Waals surface area contributed by atoms with E-state index in [4.69, 9.17) is 4.74 Å². The molecule has 1 N–H and O–H groups in total. The quantitative estimate of drug-likeness (QED) is 0.669. The first-order valence-corrected chi connectivity index (χ1v) is 6.31. The Labute approximate surface area is 112 Å². The first-order valence-electron chi connectivity index (χ1n) is 6.31. The van der Waals surface area contributed by atoms with Crippen LogP contribution in [0.15, 0.2) is 17.1 Å². The van der Waals surface area contributed by atoms with Crippen LogP contribution in [0.2, 0.25) is 0 Å². The highest BCUT2D eigenvalue weighted by Crippen LogP contribution is 2.35. The standard InChI is InChI=1S/C14H19FN2O2/c1-4-17(3)9-16-13-6-11(15)5-12(10(13)2)14(18)7-19-8-14/h5-6,9,18H,4,7-8H2,1-3H3. The molecule has 0 radical (unpaired) electrons. The fourth-order valence-corrected chi connectivity index (χ4v) is 1.98. The number of aliphatic imine (C=N–C) groups is 1. The molecular weight excluding hydrogens is 247 g/mol. The first kappa shape index (κ1) is 14.0. The monoisotopic (exact) mass is 266 g/mol. The molecule has 1 aromatic carbocycles. The van der Waals surface area contributed by atoms with Gasteiger partial charge in [0, 0.05) is 13.6 Å². The Morgan fingerprint density at radius 1 is 1.53 bits per heavy atom.